The number of likely N-dealkylation sites (tertiary alicyclic amines) is 1. The molecule has 0 atom stereocenters. The van der Waals surface area contributed by atoms with Crippen LogP contribution in [-0.2, 0) is 6.42 Å². The van der Waals surface area contributed by atoms with E-state index in [1.54, 1.807) is 0 Å². The van der Waals surface area contributed by atoms with E-state index >= 15 is 0 Å². The molecule has 1 fully saturated rings. The molecule has 122 valence electrons. The monoisotopic (exact) mass is 310 g/mol. The van der Waals surface area contributed by atoms with Gasteiger partial charge in [0.05, 0.1) is 0 Å². The van der Waals surface area contributed by atoms with Gasteiger partial charge in [-0.05, 0) is 67.7 Å². The van der Waals surface area contributed by atoms with Crippen molar-refractivity contribution < 1.29 is 4.74 Å². The molecule has 0 aromatic heterocycles. The quantitative estimate of drug-likeness (QED) is 0.852. The van der Waals surface area contributed by atoms with Crippen molar-refractivity contribution >= 4 is 0 Å². The van der Waals surface area contributed by atoms with E-state index in [1.165, 1.54) is 42.6 Å². The Bertz CT molecular complexity index is 586. The molecule has 1 aliphatic heterocycles. The average molecular weight is 310 g/mol. The Morgan fingerprint density at radius 1 is 0.870 bits per heavy atom. The Morgan fingerprint density at radius 2 is 1.48 bits per heavy atom. The summed E-state index contributed by atoms with van der Waals surface area (Å²) in [6.07, 6.45) is 3.60. The van der Waals surface area contributed by atoms with Crippen LogP contribution < -0.4 is 10.5 Å². The fraction of sp³-hybridized carbons (Fsp3) is 0.400. The minimum Gasteiger partial charge on any atom is -0.492 e. The van der Waals surface area contributed by atoms with Crippen molar-refractivity contribution in [3.63, 3.8) is 0 Å². The maximum Gasteiger partial charge on any atom is 0.119 e. The molecule has 2 aromatic rings. The number of hydrogen-bond acceptors (Lipinski definition) is 3. The lowest BCUT2D eigenvalue weighted by atomic mass is 10.0. The van der Waals surface area contributed by atoms with Crippen molar-refractivity contribution in [3.05, 3.63) is 54.1 Å². The Hall–Kier alpha value is -1.84. The molecular weight excluding hydrogens is 284 g/mol. The number of nitrogens with two attached hydrogens (primary N) is 1. The fourth-order valence-corrected chi connectivity index (χ4v) is 3.07. The van der Waals surface area contributed by atoms with Gasteiger partial charge in [0.2, 0.25) is 0 Å². The summed E-state index contributed by atoms with van der Waals surface area (Å²) < 4.78 is 5.85. The first kappa shape index (κ1) is 16.0. The molecule has 0 bridgehead atoms. The maximum absolute atomic E-state index is 5.85. The van der Waals surface area contributed by atoms with Gasteiger partial charge in [-0.2, -0.15) is 0 Å². The second-order valence-corrected chi connectivity index (χ2v) is 6.16. The van der Waals surface area contributed by atoms with Gasteiger partial charge in [-0.1, -0.05) is 36.4 Å². The van der Waals surface area contributed by atoms with E-state index in [1.807, 2.05) is 0 Å². The van der Waals surface area contributed by atoms with Crippen LogP contribution in [0.3, 0.4) is 0 Å². The molecule has 1 aliphatic rings. The molecule has 0 spiro atoms. The van der Waals surface area contributed by atoms with Gasteiger partial charge < -0.3 is 10.5 Å². The summed E-state index contributed by atoms with van der Waals surface area (Å²) in [7, 11) is 0. The highest BCUT2D eigenvalue weighted by Crippen LogP contribution is 2.23. The summed E-state index contributed by atoms with van der Waals surface area (Å²) in [5.74, 6) is 0.952. The second-order valence-electron chi connectivity index (χ2n) is 6.16. The highest BCUT2D eigenvalue weighted by molar-refractivity contribution is 5.64. The van der Waals surface area contributed by atoms with Crippen molar-refractivity contribution in [1.29, 1.82) is 0 Å². The van der Waals surface area contributed by atoms with Crippen molar-refractivity contribution in [3.8, 4) is 16.9 Å². The number of ether oxygens (including phenoxy) is 1. The summed E-state index contributed by atoms with van der Waals surface area (Å²) in [5, 5.41) is 0. The van der Waals surface area contributed by atoms with Gasteiger partial charge in [-0.15, -0.1) is 0 Å². The largest absolute Gasteiger partial charge is 0.492 e. The zero-order chi connectivity index (χ0) is 15.9. The molecular formula is C20H26N2O. The van der Waals surface area contributed by atoms with E-state index in [9.17, 15) is 0 Å². The third-order valence-corrected chi connectivity index (χ3v) is 4.45. The van der Waals surface area contributed by atoms with Crippen LogP contribution in [0.5, 0.6) is 5.75 Å². The molecule has 3 rings (SSSR count). The van der Waals surface area contributed by atoms with Crippen LogP contribution >= 0.6 is 0 Å². The van der Waals surface area contributed by atoms with Crippen LogP contribution in [0.1, 0.15) is 18.4 Å². The van der Waals surface area contributed by atoms with Gasteiger partial charge in [0.1, 0.15) is 12.4 Å². The van der Waals surface area contributed by atoms with Crippen molar-refractivity contribution in [2.45, 2.75) is 19.3 Å². The van der Waals surface area contributed by atoms with Crippen molar-refractivity contribution in [2.75, 3.05) is 32.8 Å². The SMILES string of the molecule is NCCc1ccc(-c2ccc(OCCN3CCCC3)cc2)cc1. The van der Waals surface area contributed by atoms with Crippen molar-refractivity contribution in [1.82, 2.24) is 4.90 Å². The molecule has 0 amide bonds. The number of benzene rings is 2. The third kappa shape index (κ3) is 4.57. The maximum atomic E-state index is 5.85. The van der Waals surface area contributed by atoms with Crippen LogP contribution in [0.25, 0.3) is 11.1 Å². The number of hydrogen-bond donors (Lipinski definition) is 1. The molecule has 0 unspecified atom stereocenters. The fourth-order valence-electron chi connectivity index (χ4n) is 3.07. The van der Waals surface area contributed by atoms with Gasteiger partial charge in [-0.3, -0.25) is 4.90 Å². The first-order valence-electron chi connectivity index (χ1n) is 8.60. The number of rotatable bonds is 7. The number of nitrogens with zero attached hydrogens (tertiary/aromatic N) is 1. The molecule has 1 saturated heterocycles. The molecule has 3 nitrogen and oxygen atoms in total. The molecule has 3 heteroatoms. The molecule has 23 heavy (non-hydrogen) atoms. The standard InChI is InChI=1S/C20H26N2O/c21-12-11-17-3-5-18(6-4-17)19-7-9-20(10-8-19)23-16-15-22-13-1-2-14-22/h3-10H,1-2,11-16,21H2. The van der Waals surface area contributed by atoms with E-state index in [4.69, 9.17) is 10.5 Å². The smallest absolute Gasteiger partial charge is 0.119 e. The Balaban J connectivity index is 1.53. The molecule has 0 radical (unpaired) electrons. The van der Waals surface area contributed by atoms with E-state index in [-0.39, 0.29) is 0 Å². The predicted octanol–water partition coefficient (Wildman–Crippen LogP) is 3.33. The van der Waals surface area contributed by atoms with E-state index in [2.05, 4.69) is 53.4 Å². The van der Waals surface area contributed by atoms with E-state index in [0.29, 0.717) is 6.54 Å². The van der Waals surface area contributed by atoms with Gasteiger partial charge in [0.25, 0.3) is 0 Å². The predicted molar refractivity (Wildman–Crippen MR) is 95.8 cm³/mol. The molecule has 0 saturated carbocycles. The summed E-state index contributed by atoms with van der Waals surface area (Å²) >= 11 is 0. The normalized spacial score (nSPS) is 15.0. The molecule has 2 aromatic carbocycles. The Morgan fingerprint density at radius 3 is 2.09 bits per heavy atom. The van der Waals surface area contributed by atoms with Crippen LogP contribution in [0, 0.1) is 0 Å². The van der Waals surface area contributed by atoms with Gasteiger partial charge in [0.15, 0.2) is 0 Å². The summed E-state index contributed by atoms with van der Waals surface area (Å²) in [5.41, 5.74) is 9.33. The lowest BCUT2D eigenvalue weighted by molar-refractivity contribution is 0.238. The van der Waals surface area contributed by atoms with Crippen LogP contribution in [0.2, 0.25) is 0 Å². The van der Waals surface area contributed by atoms with Crippen molar-refractivity contribution in [2.24, 2.45) is 5.73 Å². The van der Waals surface area contributed by atoms with Crippen LogP contribution in [0.4, 0.5) is 0 Å². The second kappa shape index (κ2) is 8.14. The molecule has 1 heterocycles. The Kier molecular flexibility index (Phi) is 5.67. The van der Waals surface area contributed by atoms with Gasteiger partial charge in [-0.25, -0.2) is 0 Å². The zero-order valence-corrected chi connectivity index (χ0v) is 13.7. The van der Waals surface area contributed by atoms with Gasteiger partial charge in [0, 0.05) is 6.54 Å². The lowest BCUT2D eigenvalue weighted by Crippen LogP contribution is -2.25. The van der Waals surface area contributed by atoms with E-state index in [0.717, 1.165) is 25.3 Å². The van der Waals surface area contributed by atoms with Crippen LogP contribution in [-0.4, -0.2) is 37.7 Å². The highest BCUT2D eigenvalue weighted by Gasteiger charge is 2.10. The van der Waals surface area contributed by atoms with Crippen LogP contribution in [0.15, 0.2) is 48.5 Å². The first-order valence-corrected chi connectivity index (χ1v) is 8.60. The zero-order valence-electron chi connectivity index (χ0n) is 13.7. The lowest BCUT2D eigenvalue weighted by Gasteiger charge is -2.15. The van der Waals surface area contributed by atoms with Gasteiger partial charge >= 0.3 is 0 Å². The average Bonchev–Trinajstić information content (AvgIpc) is 3.10. The Labute approximate surface area is 139 Å². The molecule has 0 aliphatic carbocycles. The first-order chi connectivity index (χ1) is 11.3. The van der Waals surface area contributed by atoms with E-state index < -0.39 is 0 Å². The summed E-state index contributed by atoms with van der Waals surface area (Å²) in [6, 6.07) is 17.0. The minimum atomic E-state index is 0.697. The summed E-state index contributed by atoms with van der Waals surface area (Å²) in [6.45, 7) is 4.95. The summed E-state index contributed by atoms with van der Waals surface area (Å²) in [4.78, 5) is 2.47. The highest BCUT2D eigenvalue weighted by atomic mass is 16.5. The minimum absolute atomic E-state index is 0.697. The molecule has 2 N–H and O–H groups in total. The topological polar surface area (TPSA) is 38.5 Å². The third-order valence-electron chi connectivity index (χ3n) is 4.45.